The summed E-state index contributed by atoms with van der Waals surface area (Å²) in [4.78, 5) is 11.2. The number of aliphatic carboxylic acids is 1. The lowest BCUT2D eigenvalue weighted by atomic mass is 10.0. The van der Waals surface area contributed by atoms with Crippen molar-refractivity contribution in [1.29, 1.82) is 0 Å². The van der Waals surface area contributed by atoms with E-state index in [2.05, 4.69) is 4.72 Å². The lowest BCUT2D eigenvalue weighted by molar-refractivity contribution is -0.139. The van der Waals surface area contributed by atoms with Crippen LogP contribution in [0.15, 0.2) is 11.0 Å². The lowest BCUT2D eigenvalue weighted by Gasteiger charge is -2.18. The molecule has 1 aromatic carbocycles. The molecule has 1 atom stereocenters. The monoisotopic (exact) mass is 299 g/mol. The number of carboxylic acids is 1. The van der Waals surface area contributed by atoms with E-state index >= 15 is 0 Å². The minimum absolute atomic E-state index is 0.190. The summed E-state index contributed by atoms with van der Waals surface area (Å²) in [5.74, 6) is -1.17. The van der Waals surface area contributed by atoms with Gasteiger partial charge in [0.2, 0.25) is 10.0 Å². The van der Waals surface area contributed by atoms with Crippen LogP contribution < -0.4 is 4.72 Å². The number of hydrogen-bond donors (Lipinski definition) is 2. The molecule has 0 aromatic heterocycles. The van der Waals surface area contributed by atoms with Gasteiger partial charge in [0.15, 0.2) is 0 Å². The molecule has 0 aliphatic heterocycles. The lowest BCUT2D eigenvalue weighted by Crippen LogP contribution is -2.40. The van der Waals surface area contributed by atoms with Crippen molar-refractivity contribution in [2.45, 2.75) is 52.0 Å². The maximum absolute atomic E-state index is 12.5. The van der Waals surface area contributed by atoms with Crippen LogP contribution in [0, 0.1) is 27.7 Å². The number of hydrogen-bond acceptors (Lipinski definition) is 3. The number of rotatable bonds is 5. The molecule has 0 unspecified atom stereocenters. The van der Waals surface area contributed by atoms with Gasteiger partial charge in [0, 0.05) is 0 Å². The second-order valence-electron chi connectivity index (χ2n) is 5.01. The highest BCUT2D eigenvalue weighted by atomic mass is 32.2. The number of carbonyl (C=O) groups is 1. The zero-order chi connectivity index (χ0) is 15.7. The highest BCUT2D eigenvalue weighted by Crippen LogP contribution is 2.26. The molecule has 5 nitrogen and oxygen atoms in total. The zero-order valence-corrected chi connectivity index (χ0v) is 13.3. The van der Waals surface area contributed by atoms with Crippen LogP contribution >= 0.6 is 0 Å². The largest absolute Gasteiger partial charge is 0.480 e. The van der Waals surface area contributed by atoms with Crippen LogP contribution in [0.4, 0.5) is 0 Å². The Bertz CT molecular complexity index is 609. The van der Waals surface area contributed by atoms with Gasteiger partial charge in [0.1, 0.15) is 6.04 Å². The Kier molecular flexibility index (Phi) is 4.94. The Morgan fingerprint density at radius 2 is 1.65 bits per heavy atom. The maximum atomic E-state index is 12.5. The third-order valence-electron chi connectivity index (χ3n) is 3.57. The fourth-order valence-corrected chi connectivity index (χ4v) is 4.03. The van der Waals surface area contributed by atoms with Crippen molar-refractivity contribution in [3.63, 3.8) is 0 Å². The third kappa shape index (κ3) is 3.19. The molecule has 1 rings (SSSR count). The predicted molar refractivity (Wildman–Crippen MR) is 77.4 cm³/mol. The van der Waals surface area contributed by atoms with Gasteiger partial charge in [-0.2, -0.15) is 4.72 Å². The Hall–Kier alpha value is -1.40. The molecular weight excluding hydrogens is 278 g/mol. The molecular formula is C14H21NO4S. The summed E-state index contributed by atoms with van der Waals surface area (Å²) in [5.41, 5.74) is 3.05. The van der Waals surface area contributed by atoms with Gasteiger partial charge in [-0.15, -0.1) is 0 Å². The first kappa shape index (κ1) is 16.7. The van der Waals surface area contributed by atoms with Gasteiger partial charge in [-0.05, 0) is 56.4 Å². The number of nitrogens with one attached hydrogen (secondary N) is 1. The molecule has 0 saturated carbocycles. The first-order chi connectivity index (χ1) is 9.11. The standard InChI is InChI=1S/C14H21NO4S/c1-6-12(14(16)17)15-20(18,19)13-10(4)8(2)7-9(3)11(13)5/h7,12,15H,6H2,1-5H3,(H,16,17)/t12-/m1/s1. The summed E-state index contributed by atoms with van der Waals surface area (Å²) in [7, 11) is -3.85. The van der Waals surface area contributed by atoms with Gasteiger partial charge in [0.25, 0.3) is 0 Å². The SMILES string of the molecule is CC[C@@H](NS(=O)(=O)c1c(C)c(C)cc(C)c1C)C(=O)O. The van der Waals surface area contributed by atoms with E-state index in [9.17, 15) is 13.2 Å². The quantitative estimate of drug-likeness (QED) is 0.871. The van der Waals surface area contributed by atoms with Gasteiger partial charge in [-0.25, -0.2) is 8.42 Å². The molecule has 0 spiro atoms. The van der Waals surface area contributed by atoms with E-state index in [0.717, 1.165) is 11.1 Å². The molecule has 0 aliphatic rings. The summed E-state index contributed by atoms with van der Waals surface area (Å²) < 4.78 is 27.2. The van der Waals surface area contributed by atoms with Gasteiger partial charge in [0.05, 0.1) is 4.90 Å². The maximum Gasteiger partial charge on any atom is 0.321 e. The van der Waals surface area contributed by atoms with Crippen molar-refractivity contribution in [3.8, 4) is 0 Å². The summed E-state index contributed by atoms with van der Waals surface area (Å²) in [6, 6.07) is 0.817. The molecule has 6 heteroatoms. The van der Waals surface area contributed by atoms with Crippen molar-refractivity contribution < 1.29 is 18.3 Å². The van der Waals surface area contributed by atoms with Crippen molar-refractivity contribution in [2.24, 2.45) is 0 Å². The zero-order valence-electron chi connectivity index (χ0n) is 12.4. The van der Waals surface area contributed by atoms with Crippen LogP contribution in [0.5, 0.6) is 0 Å². The Morgan fingerprint density at radius 1 is 1.20 bits per heavy atom. The second-order valence-corrected chi connectivity index (χ2v) is 6.66. The Morgan fingerprint density at radius 3 is 2.00 bits per heavy atom. The minimum Gasteiger partial charge on any atom is -0.480 e. The van der Waals surface area contributed by atoms with Gasteiger partial charge >= 0.3 is 5.97 Å². The van der Waals surface area contributed by atoms with Crippen LogP contribution in [0.2, 0.25) is 0 Å². The summed E-state index contributed by atoms with van der Waals surface area (Å²) in [6.45, 7) is 8.78. The van der Waals surface area contributed by atoms with Crippen molar-refractivity contribution in [3.05, 3.63) is 28.3 Å². The van der Waals surface area contributed by atoms with Gasteiger partial charge < -0.3 is 5.11 Å². The Balaban J connectivity index is 3.40. The molecule has 0 fully saturated rings. The van der Waals surface area contributed by atoms with Crippen LogP contribution in [-0.2, 0) is 14.8 Å². The van der Waals surface area contributed by atoms with Crippen molar-refractivity contribution in [2.75, 3.05) is 0 Å². The molecule has 0 heterocycles. The summed E-state index contributed by atoms with van der Waals surface area (Å²) in [5, 5.41) is 9.00. The molecule has 2 N–H and O–H groups in total. The van der Waals surface area contributed by atoms with Crippen LogP contribution in [-0.4, -0.2) is 25.5 Å². The van der Waals surface area contributed by atoms with E-state index in [0.29, 0.717) is 11.1 Å². The molecule has 20 heavy (non-hydrogen) atoms. The molecule has 0 radical (unpaired) electrons. The molecule has 0 bridgehead atoms. The summed E-state index contributed by atoms with van der Waals surface area (Å²) >= 11 is 0. The smallest absolute Gasteiger partial charge is 0.321 e. The molecule has 0 amide bonds. The molecule has 112 valence electrons. The topological polar surface area (TPSA) is 83.5 Å². The van der Waals surface area contributed by atoms with E-state index in [4.69, 9.17) is 5.11 Å². The number of benzene rings is 1. The molecule has 1 aromatic rings. The third-order valence-corrected chi connectivity index (χ3v) is 5.31. The van der Waals surface area contributed by atoms with E-state index < -0.39 is 22.0 Å². The van der Waals surface area contributed by atoms with Crippen LogP contribution in [0.25, 0.3) is 0 Å². The summed E-state index contributed by atoms with van der Waals surface area (Å²) in [6.07, 6.45) is 0.192. The first-order valence-corrected chi connectivity index (χ1v) is 7.92. The first-order valence-electron chi connectivity index (χ1n) is 6.44. The average molecular weight is 299 g/mol. The van der Waals surface area contributed by atoms with Gasteiger partial charge in [-0.1, -0.05) is 13.0 Å². The van der Waals surface area contributed by atoms with E-state index in [-0.39, 0.29) is 11.3 Å². The molecule has 0 saturated heterocycles. The van der Waals surface area contributed by atoms with Crippen LogP contribution in [0.3, 0.4) is 0 Å². The van der Waals surface area contributed by atoms with Gasteiger partial charge in [-0.3, -0.25) is 4.79 Å². The van der Waals surface area contributed by atoms with Crippen LogP contribution in [0.1, 0.15) is 35.6 Å². The number of carboxylic acid groups (broad SMARTS) is 1. The van der Waals surface area contributed by atoms with E-state index in [1.165, 1.54) is 0 Å². The highest BCUT2D eigenvalue weighted by molar-refractivity contribution is 7.89. The minimum atomic E-state index is -3.85. The highest BCUT2D eigenvalue weighted by Gasteiger charge is 2.27. The van der Waals surface area contributed by atoms with Crippen molar-refractivity contribution in [1.82, 2.24) is 4.72 Å². The molecule has 0 aliphatic carbocycles. The fourth-order valence-electron chi connectivity index (χ4n) is 2.14. The second kappa shape index (κ2) is 5.93. The normalized spacial score (nSPS) is 13.2. The number of sulfonamides is 1. The Labute approximate surface area is 120 Å². The average Bonchev–Trinajstić information content (AvgIpc) is 2.33. The van der Waals surface area contributed by atoms with Crippen molar-refractivity contribution >= 4 is 16.0 Å². The fraction of sp³-hybridized carbons (Fsp3) is 0.500. The van der Waals surface area contributed by atoms with E-state index in [1.807, 2.05) is 19.9 Å². The van der Waals surface area contributed by atoms with E-state index in [1.54, 1.807) is 20.8 Å². The predicted octanol–water partition coefficient (Wildman–Crippen LogP) is 2.06. The number of aryl methyl sites for hydroxylation is 2.